The lowest BCUT2D eigenvalue weighted by Gasteiger charge is -2.28. The Morgan fingerprint density at radius 1 is 1.00 bits per heavy atom. The van der Waals surface area contributed by atoms with E-state index in [9.17, 15) is 9.59 Å². The summed E-state index contributed by atoms with van der Waals surface area (Å²) in [6.45, 7) is 6.28. The minimum atomic E-state index is -0.414. The quantitative estimate of drug-likeness (QED) is 0.189. The van der Waals surface area contributed by atoms with Gasteiger partial charge in [0, 0.05) is 23.3 Å². The number of nitrogen functional groups attached to an aromatic ring is 1. The SMILES string of the molecule is CCC(CC)C1CCN(C(C(=O)Nc2ccc(Cl)cc2)c2ccc(/C=C/C(=O)Nc3ccccc3N)cc2)C1. The first-order valence-corrected chi connectivity index (χ1v) is 14.0. The summed E-state index contributed by atoms with van der Waals surface area (Å²) in [4.78, 5) is 28.3. The molecule has 0 aliphatic carbocycles. The number of anilines is 3. The van der Waals surface area contributed by atoms with E-state index in [0.29, 0.717) is 28.2 Å². The van der Waals surface area contributed by atoms with E-state index in [1.54, 1.807) is 30.3 Å². The van der Waals surface area contributed by atoms with Crippen LogP contribution in [0.3, 0.4) is 0 Å². The van der Waals surface area contributed by atoms with Gasteiger partial charge in [-0.1, -0.05) is 74.7 Å². The van der Waals surface area contributed by atoms with Gasteiger partial charge in [-0.25, -0.2) is 0 Å². The van der Waals surface area contributed by atoms with Crippen LogP contribution in [0, 0.1) is 11.8 Å². The second-order valence-corrected chi connectivity index (χ2v) is 10.5. The highest BCUT2D eigenvalue weighted by Gasteiger charge is 2.35. The van der Waals surface area contributed by atoms with Crippen molar-refractivity contribution in [2.45, 2.75) is 39.2 Å². The summed E-state index contributed by atoms with van der Waals surface area (Å²) in [5.74, 6) is 0.928. The monoisotopic (exact) mass is 544 g/mol. The number of halogens is 1. The van der Waals surface area contributed by atoms with Crippen molar-refractivity contribution in [3.63, 3.8) is 0 Å². The molecule has 4 N–H and O–H groups in total. The van der Waals surface area contributed by atoms with E-state index in [-0.39, 0.29) is 11.8 Å². The Morgan fingerprint density at radius 2 is 1.69 bits per heavy atom. The summed E-state index contributed by atoms with van der Waals surface area (Å²) < 4.78 is 0. The Hall–Kier alpha value is -3.61. The maximum Gasteiger partial charge on any atom is 0.248 e. The molecule has 1 aliphatic rings. The summed E-state index contributed by atoms with van der Waals surface area (Å²) >= 11 is 6.03. The zero-order valence-electron chi connectivity index (χ0n) is 22.6. The predicted octanol–water partition coefficient (Wildman–Crippen LogP) is 7.01. The van der Waals surface area contributed by atoms with Crippen molar-refractivity contribution in [1.82, 2.24) is 4.90 Å². The van der Waals surface area contributed by atoms with Gasteiger partial charge < -0.3 is 16.4 Å². The molecular formula is C32H37ClN4O2. The number of likely N-dealkylation sites (tertiary alicyclic amines) is 1. The van der Waals surface area contributed by atoms with Gasteiger partial charge in [-0.05, 0) is 78.4 Å². The van der Waals surface area contributed by atoms with Crippen LogP contribution in [0.4, 0.5) is 17.1 Å². The van der Waals surface area contributed by atoms with Crippen molar-refractivity contribution in [3.05, 3.63) is 95.0 Å². The Balaban J connectivity index is 1.50. The maximum absolute atomic E-state index is 13.6. The lowest BCUT2D eigenvalue weighted by atomic mass is 9.87. The molecule has 0 spiro atoms. The van der Waals surface area contributed by atoms with Crippen LogP contribution in [0.15, 0.2) is 78.9 Å². The van der Waals surface area contributed by atoms with Crippen LogP contribution in [0.5, 0.6) is 0 Å². The number of nitrogens with zero attached hydrogens (tertiary/aromatic N) is 1. The van der Waals surface area contributed by atoms with E-state index < -0.39 is 6.04 Å². The van der Waals surface area contributed by atoms with Gasteiger partial charge in [-0.15, -0.1) is 0 Å². The van der Waals surface area contributed by atoms with Gasteiger partial charge in [-0.3, -0.25) is 14.5 Å². The average molecular weight is 545 g/mol. The molecule has 4 rings (SSSR count). The Bertz CT molecular complexity index is 1290. The van der Waals surface area contributed by atoms with Crippen molar-refractivity contribution >= 4 is 46.6 Å². The van der Waals surface area contributed by atoms with Gasteiger partial charge in [0.2, 0.25) is 11.8 Å². The van der Waals surface area contributed by atoms with Gasteiger partial charge in [-0.2, -0.15) is 0 Å². The van der Waals surface area contributed by atoms with Gasteiger partial charge >= 0.3 is 0 Å². The molecule has 2 amide bonds. The molecule has 0 radical (unpaired) electrons. The first-order valence-electron chi connectivity index (χ1n) is 13.6. The summed E-state index contributed by atoms with van der Waals surface area (Å²) in [6.07, 6.45) is 6.63. The van der Waals surface area contributed by atoms with Crippen molar-refractivity contribution < 1.29 is 9.59 Å². The van der Waals surface area contributed by atoms with Crippen LogP contribution in [0.25, 0.3) is 6.08 Å². The summed E-state index contributed by atoms with van der Waals surface area (Å²) in [5, 5.41) is 6.50. The number of hydrogen-bond donors (Lipinski definition) is 3. The van der Waals surface area contributed by atoms with Gasteiger partial charge in [0.25, 0.3) is 0 Å². The fourth-order valence-corrected chi connectivity index (χ4v) is 5.53. The molecular weight excluding hydrogens is 508 g/mol. The summed E-state index contributed by atoms with van der Waals surface area (Å²) in [5.41, 5.74) is 9.51. The Kier molecular flexibility index (Phi) is 9.79. The van der Waals surface area contributed by atoms with Crippen LogP contribution >= 0.6 is 11.6 Å². The average Bonchev–Trinajstić information content (AvgIpc) is 3.41. The van der Waals surface area contributed by atoms with Crippen molar-refractivity contribution in [3.8, 4) is 0 Å². The standard InChI is InChI=1S/C32H37ClN4O2/c1-3-23(4-2)25-19-20-37(21-25)31(32(39)35-27-16-14-26(33)15-17-27)24-12-9-22(10-13-24)11-18-30(38)36-29-8-6-5-7-28(29)34/h5-18,23,25,31H,3-4,19-21,34H2,1-2H3,(H,35,39)(H,36,38)/b18-11+. The molecule has 1 saturated heterocycles. The molecule has 1 heterocycles. The largest absolute Gasteiger partial charge is 0.397 e. The molecule has 3 aromatic rings. The molecule has 0 aromatic heterocycles. The fraction of sp³-hybridized carbons (Fsp3) is 0.312. The molecule has 0 bridgehead atoms. The van der Waals surface area contributed by atoms with Gasteiger partial charge in [0.1, 0.15) is 6.04 Å². The third-order valence-electron chi connectivity index (χ3n) is 7.59. The molecule has 2 unspecified atom stereocenters. The summed E-state index contributed by atoms with van der Waals surface area (Å²) in [6, 6.07) is 21.7. The number of nitrogens with two attached hydrogens (primary N) is 1. The van der Waals surface area contributed by atoms with Crippen LogP contribution < -0.4 is 16.4 Å². The van der Waals surface area contributed by atoms with E-state index >= 15 is 0 Å². The van der Waals surface area contributed by atoms with Gasteiger partial charge in [0.05, 0.1) is 11.4 Å². The molecule has 1 aliphatic heterocycles. The number of carbonyl (C=O) groups is 2. The van der Waals surface area contributed by atoms with Gasteiger partial charge in [0.15, 0.2) is 0 Å². The first kappa shape index (κ1) is 28.4. The Labute approximate surface area is 236 Å². The zero-order valence-corrected chi connectivity index (χ0v) is 23.3. The number of amides is 2. The second-order valence-electron chi connectivity index (χ2n) is 10.1. The highest BCUT2D eigenvalue weighted by molar-refractivity contribution is 6.30. The lowest BCUT2D eigenvalue weighted by molar-refractivity contribution is -0.121. The molecule has 7 heteroatoms. The predicted molar refractivity (Wildman–Crippen MR) is 162 cm³/mol. The van der Waals surface area contributed by atoms with E-state index in [1.807, 2.05) is 48.5 Å². The maximum atomic E-state index is 13.6. The number of nitrogens with one attached hydrogen (secondary N) is 2. The third kappa shape index (κ3) is 7.49. The molecule has 0 saturated carbocycles. The zero-order chi connectivity index (χ0) is 27.8. The van der Waals surface area contributed by atoms with E-state index in [4.69, 9.17) is 17.3 Å². The normalized spacial score (nSPS) is 16.5. The number of benzene rings is 3. The highest BCUT2D eigenvalue weighted by atomic mass is 35.5. The molecule has 3 aromatic carbocycles. The molecule has 2 atom stereocenters. The number of rotatable bonds is 10. The molecule has 39 heavy (non-hydrogen) atoms. The first-order chi connectivity index (χ1) is 18.9. The molecule has 1 fully saturated rings. The minimum Gasteiger partial charge on any atom is -0.397 e. The minimum absolute atomic E-state index is 0.0642. The summed E-state index contributed by atoms with van der Waals surface area (Å²) in [7, 11) is 0. The third-order valence-corrected chi connectivity index (χ3v) is 7.85. The number of hydrogen-bond acceptors (Lipinski definition) is 4. The van der Waals surface area contributed by atoms with Crippen molar-refractivity contribution in [2.24, 2.45) is 11.8 Å². The van der Waals surface area contributed by atoms with Crippen LogP contribution in [-0.4, -0.2) is 29.8 Å². The van der Waals surface area contributed by atoms with Crippen LogP contribution in [0.2, 0.25) is 5.02 Å². The van der Waals surface area contributed by atoms with E-state index in [1.165, 1.54) is 6.08 Å². The smallest absolute Gasteiger partial charge is 0.248 e. The lowest BCUT2D eigenvalue weighted by Crippen LogP contribution is -2.36. The van der Waals surface area contributed by atoms with Crippen LogP contribution in [0.1, 0.15) is 50.3 Å². The van der Waals surface area contributed by atoms with E-state index in [2.05, 4.69) is 29.4 Å². The second kappa shape index (κ2) is 13.5. The highest BCUT2D eigenvalue weighted by Crippen LogP contribution is 2.34. The number of para-hydroxylation sites is 2. The van der Waals surface area contributed by atoms with E-state index in [0.717, 1.165) is 49.2 Å². The van der Waals surface area contributed by atoms with Crippen molar-refractivity contribution in [2.75, 3.05) is 29.5 Å². The topological polar surface area (TPSA) is 87.5 Å². The Morgan fingerprint density at radius 3 is 2.36 bits per heavy atom. The molecule has 204 valence electrons. The molecule has 6 nitrogen and oxygen atoms in total. The van der Waals surface area contributed by atoms with Crippen LogP contribution in [-0.2, 0) is 9.59 Å². The fourth-order valence-electron chi connectivity index (χ4n) is 5.41. The van der Waals surface area contributed by atoms with Crippen molar-refractivity contribution in [1.29, 1.82) is 0 Å². The number of carbonyl (C=O) groups excluding carboxylic acids is 2.